The average molecular weight is 445 g/mol. The fourth-order valence-corrected chi connectivity index (χ4v) is 4.01. The van der Waals surface area contributed by atoms with Gasteiger partial charge in [0.1, 0.15) is 17.2 Å². The minimum atomic E-state index is -0.373. The van der Waals surface area contributed by atoms with Gasteiger partial charge in [0.15, 0.2) is 0 Å². The van der Waals surface area contributed by atoms with Gasteiger partial charge in [0.25, 0.3) is 0 Å². The largest absolute Gasteiger partial charge is 0.494 e. The standard InChI is InChI=1S/C25H25FN6O/c1-3-27-9-4-10-33-18-7-5-16(6-8-18)23-20(26)13-29-25-24(23)19-11-21(28-14-22(19)31-25)17-12-30-32(2)15-17/h5-8,11-15,27H,3-4,9-10H2,1-2H3,(H,29,31). The number of pyridine rings is 2. The third-order valence-corrected chi connectivity index (χ3v) is 5.62. The van der Waals surface area contributed by atoms with Crippen molar-refractivity contribution in [3.05, 3.63) is 60.9 Å². The summed E-state index contributed by atoms with van der Waals surface area (Å²) in [5.74, 6) is 0.394. The van der Waals surface area contributed by atoms with Crippen LogP contribution in [-0.2, 0) is 7.05 Å². The van der Waals surface area contributed by atoms with Crippen molar-refractivity contribution in [1.29, 1.82) is 0 Å². The van der Waals surface area contributed by atoms with E-state index in [4.69, 9.17) is 4.74 Å². The molecular weight excluding hydrogens is 419 g/mol. The second kappa shape index (κ2) is 8.99. The lowest BCUT2D eigenvalue weighted by molar-refractivity contribution is 0.309. The fraction of sp³-hybridized carbons (Fsp3) is 0.240. The van der Waals surface area contributed by atoms with Crippen LogP contribution >= 0.6 is 0 Å². The summed E-state index contributed by atoms with van der Waals surface area (Å²) >= 11 is 0. The number of aryl methyl sites for hydroxylation is 1. The van der Waals surface area contributed by atoms with Crippen molar-refractivity contribution in [3.8, 4) is 28.1 Å². The zero-order valence-electron chi connectivity index (χ0n) is 18.6. The summed E-state index contributed by atoms with van der Waals surface area (Å²) in [4.78, 5) is 12.1. The SMILES string of the molecule is CCNCCCOc1ccc(-c2c(F)cnc3[nH]c4cnc(-c5cnn(C)c5)cc4c23)cc1. The zero-order valence-corrected chi connectivity index (χ0v) is 18.6. The van der Waals surface area contributed by atoms with Crippen molar-refractivity contribution in [2.45, 2.75) is 13.3 Å². The third kappa shape index (κ3) is 4.17. The molecule has 0 aliphatic rings. The first-order valence-electron chi connectivity index (χ1n) is 11.0. The molecule has 4 heterocycles. The molecule has 2 N–H and O–H groups in total. The highest BCUT2D eigenvalue weighted by atomic mass is 19.1. The molecule has 7 nitrogen and oxygen atoms in total. The molecule has 0 fully saturated rings. The first kappa shape index (κ1) is 21.1. The fourth-order valence-electron chi connectivity index (χ4n) is 4.01. The second-order valence-electron chi connectivity index (χ2n) is 7.93. The summed E-state index contributed by atoms with van der Waals surface area (Å²) in [6.07, 6.45) is 7.61. The van der Waals surface area contributed by atoms with E-state index in [1.165, 1.54) is 6.20 Å². The van der Waals surface area contributed by atoms with E-state index in [2.05, 4.69) is 32.3 Å². The zero-order chi connectivity index (χ0) is 22.8. The number of hydrogen-bond acceptors (Lipinski definition) is 5. The van der Waals surface area contributed by atoms with Crippen molar-refractivity contribution < 1.29 is 9.13 Å². The first-order valence-corrected chi connectivity index (χ1v) is 11.0. The van der Waals surface area contributed by atoms with Crippen LogP contribution < -0.4 is 10.1 Å². The monoisotopic (exact) mass is 444 g/mol. The minimum absolute atomic E-state index is 0.373. The molecule has 0 spiro atoms. The molecule has 5 aromatic rings. The van der Waals surface area contributed by atoms with Gasteiger partial charge < -0.3 is 15.0 Å². The maximum Gasteiger partial charge on any atom is 0.150 e. The number of nitrogens with zero attached hydrogens (tertiary/aromatic N) is 4. The van der Waals surface area contributed by atoms with Crippen molar-refractivity contribution in [3.63, 3.8) is 0 Å². The number of aromatic nitrogens is 5. The van der Waals surface area contributed by atoms with E-state index in [1.807, 2.05) is 43.6 Å². The maximum absolute atomic E-state index is 15.1. The summed E-state index contributed by atoms with van der Waals surface area (Å²) in [7, 11) is 1.86. The van der Waals surface area contributed by atoms with E-state index >= 15 is 4.39 Å². The van der Waals surface area contributed by atoms with Crippen LogP contribution in [0.4, 0.5) is 4.39 Å². The number of aromatic amines is 1. The molecule has 168 valence electrons. The van der Waals surface area contributed by atoms with Gasteiger partial charge in [0.05, 0.1) is 36.4 Å². The van der Waals surface area contributed by atoms with Crippen molar-refractivity contribution in [2.24, 2.45) is 7.05 Å². The Morgan fingerprint density at radius 3 is 2.70 bits per heavy atom. The molecule has 33 heavy (non-hydrogen) atoms. The first-order chi connectivity index (χ1) is 16.1. The summed E-state index contributed by atoms with van der Waals surface area (Å²) in [6.45, 7) is 4.59. The third-order valence-electron chi connectivity index (χ3n) is 5.62. The minimum Gasteiger partial charge on any atom is -0.494 e. The van der Waals surface area contributed by atoms with Gasteiger partial charge in [0.2, 0.25) is 0 Å². The predicted octanol–water partition coefficient (Wildman–Crippen LogP) is 4.70. The van der Waals surface area contributed by atoms with Gasteiger partial charge in [-0.15, -0.1) is 0 Å². The van der Waals surface area contributed by atoms with Crippen LogP contribution in [0.25, 0.3) is 44.3 Å². The Labute approximate surface area is 190 Å². The molecule has 0 saturated carbocycles. The van der Waals surface area contributed by atoms with E-state index in [0.717, 1.165) is 58.4 Å². The van der Waals surface area contributed by atoms with Gasteiger partial charge in [-0.3, -0.25) is 9.67 Å². The van der Waals surface area contributed by atoms with Gasteiger partial charge in [-0.05, 0) is 43.3 Å². The summed E-state index contributed by atoms with van der Waals surface area (Å²) in [5.41, 5.74) is 4.37. The van der Waals surface area contributed by atoms with Crippen LogP contribution in [0.3, 0.4) is 0 Å². The molecule has 0 radical (unpaired) electrons. The van der Waals surface area contributed by atoms with E-state index in [9.17, 15) is 0 Å². The molecule has 0 atom stereocenters. The van der Waals surface area contributed by atoms with Crippen LogP contribution in [0.1, 0.15) is 13.3 Å². The number of hydrogen-bond donors (Lipinski definition) is 2. The van der Waals surface area contributed by atoms with Gasteiger partial charge in [-0.25, -0.2) is 9.37 Å². The molecule has 8 heteroatoms. The van der Waals surface area contributed by atoms with Crippen LogP contribution in [0.2, 0.25) is 0 Å². The summed E-state index contributed by atoms with van der Waals surface area (Å²) in [6, 6.07) is 9.49. The number of H-pyrrole nitrogens is 1. The summed E-state index contributed by atoms with van der Waals surface area (Å²) in [5, 5.41) is 9.10. The topological polar surface area (TPSA) is 80.7 Å². The highest BCUT2D eigenvalue weighted by Gasteiger charge is 2.17. The van der Waals surface area contributed by atoms with E-state index in [0.29, 0.717) is 17.8 Å². The Morgan fingerprint density at radius 1 is 1.09 bits per heavy atom. The number of halogens is 1. The van der Waals surface area contributed by atoms with Crippen LogP contribution in [0.5, 0.6) is 5.75 Å². The molecule has 0 aliphatic carbocycles. The lowest BCUT2D eigenvalue weighted by atomic mass is 10.0. The Morgan fingerprint density at radius 2 is 1.94 bits per heavy atom. The van der Waals surface area contributed by atoms with Crippen molar-refractivity contribution >= 4 is 21.9 Å². The summed E-state index contributed by atoms with van der Waals surface area (Å²) < 4.78 is 22.7. The lowest BCUT2D eigenvalue weighted by Crippen LogP contribution is -2.16. The smallest absolute Gasteiger partial charge is 0.150 e. The molecule has 0 saturated heterocycles. The van der Waals surface area contributed by atoms with Gasteiger partial charge in [-0.1, -0.05) is 19.1 Å². The Kier molecular flexibility index (Phi) is 5.75. The molecular formula is C25H25FN6O. The molecule has 5 rings (SSSR count). The normalized spacial score (nSPS) is 11.5. The molecule has 0 bridgehead atoms. The number of ether oxygens (including phenoxy) is 1. The lowest BCUT2D eigenvalue weighted by Gasteiger charge is -2.09. The molecule has 1 aromatic carbocycles. The Hall–Kier alpha value is -3.78. The predicted molar refractivity (Wildman–Crippen MR) is 128 cm³/mol. The Balaban J connectivity index is 1.52. The van der Waals surface area contributed by atoms with Crippen LogP contribution in [-0.4, -0.2) is 44.4 Å². The molecule has 0 amide bonds. The van der Waals surface area contributed by atoms with Gasteiger partial charge in [0, 0.05) is 35.1 Å². The van der Waals surface area contributed by atoms with Crippen molar-refractivity contribution in [2.75, 3.05) is 19.7 Å². The number of fused-ring (bicyclic) bond motifs is 3. The van der Waals surface area contributed by atoms with Gasteiger partial charge >= 0.3 is 0 Å². The molecule has 4 aromatic heterocycles. The van der Waals surface area contributed by atoms with Gasteiger partial charge in [-0.2, -0.15) is 5.10 Å². The maximum atomic E-state index is 15.1. The Bertz CT molecular complexity index is 1410. The van der Waals surface area contributed by atoms with Crippen LogP contribution in [0.15, 0.2) is 55.1 Å². The van der Waals surface area contributed by atoms with Crippen molar-refractivity contribution in [1.82, 2.24) is 30.0 Å². The number of rotatable bonds is 8. The highest BCUT2D eigenvalue weighted by Crippen LogP contribution is 2.37. The second-order valence-corrected chi connectivity index (χ2v) is 7.93. The van der Waals surface area contributed by atoms with E-state index in [-0.39, 0.29) is 5.82 Å². The average Bonchev–Trinajstić information content (AvgIpc) is 3.42. The molecule has 0 unspecified atom stereocenters. The molecule has 0 aliphatic heterocycles. The highest BCUT2D eigenvalue weighted by molar-refractivity contribution is 6.13. The van der Waals surface area contributed by atoms with Crippen LogP contribution in [0, 0.1) is 5.82 Å². The van der Waals surface area contributed by atoms with E-state index < -0.39 is 0 Å². The quantitative estimate of drug-likeness (QED) is 0.339. The number of nitrogens with one attached hydrogen (secondary N) is 2. The number of benzene rings is 1. The van der Waals surface area contributed by atoms with E-state index in [1.54, 1.807) is 17.1 Å².